The highest BCUT2D eigenvalue weighted by atomic mass is 16.2. The van der Waals surface area contributed by atoms with Gasteiger partial charge in [-0.25, -0.2) is 10.2 Å². The molecule has 0 saturated heterocycles. The van der Waals surface area contributed by atoms with E-state index in [9.17, 15) is 4.79 Å². The Kier molecular flexibility index (Phi) is 2.78. The SMILES string of the molecule is NC(=O)N/N=C\c1ccncc1. The molecule has 1 heterocycles. The lowest BCUT2D eigenvalue weighted by atomic mass is 10.3. The number of nitrogens with one attached hydrogen (secondary N) is 1. The van der Waals surface area contributed by atoms with Gasteiger partial charge < -0.3 is 5.73 Å². The van der Waals surface area contributed by atoms with E-state index in [0.29, 0.717) is 0 Å². The summed E-state index contributed by atoms with van der Waals surface area (Å²) in [5, 5.41) is 3.56. The van der Waals surface area contributed by atoms with Crippen molar-refractivity contribution in [1.29, 1.82) is 0 Å². The molecule has 0 aliphatic carbocycles. The zero-order chi connectivity index (χ0) is 8.81. The summed E-state index contributed by atoms with van der Waals surface area (Å²) in [5.41, 5.74) is 7.71. The van der Waals surface area contributed by atoms with Crippen LogP contribution in [0, 0.1) is 0 Å². The van der Waals surface area contributed by atoms with Crippen LogP contribution in [0.2, 0.25) is 0 Å². The number of carbonyl (C=O) groups is 1. The van der Waals surface area contributed by atoms with E-state index in [-0.39, 0.29) is 0 Å². The van der Waals surface area contributed by atoms with E-state index >= 15 is 0 Å². The monoisotopic (exact) mass is 164 g/mol. The molecular formula is C7H8N4O. The molecule has 0 aliphatic heterocycles. The number of hydrogen-bond donors (Lipinski definition) is 2. The number of pyridine rings is 1. The zero-order valence-electron chi connectivity index (χ0n) is 6.27. The summed E-state index contributed by atoms with van der Waals surface area (Å²) in [5.74, 6) is 0. The van der Waals surface area contributed by atoms with Gasteiger partial charge >= 0.3 is 6.03 Å². The number of carbonyl (C=O) groups excluding carboxylic acids is 1. The molecule has 0 radical (unpaired) electrons. The Morgan fingerprint density at radius 1 is 1.58 bits per heavy atom. The Balaban J connectivity index is 2.52. The summed E-state index contributed by atoms with van der Waals surface area (Å²) in [7, 11) is 0. The molecule has 0 spiro atoms. The molecule has 0 bridgehead atoms. The van der Waals surface area contributed by atoms with Gasteiger partial charge in [-0.15, -0.1) is 0 Å². The lowest BCUT2D eigenvalue weighted by Gasteiger charge is -1.91. The second-order valence-electron chi connectivity index (χ2n) is 2.01. The van der Waals surface area contributed by atoms with Gasteiger partial charge in [-0.1, -0.05) is 0 Å². The Hall–Kier alpha value is -1.91. The third kappa shape index (κ3) is 2.78. The fourth-order valence-electron chi connectivity index (χ4n) is 0.620. The van der Waals surface area contributed by atoms with Gasteiger partial charge in [0.05, 0.1) is 6.21 Å². The zero-order valence-corrected chi connectivity index (χ0v) is 6.27. The van der Waals surface area contributed by atoms with E-state index in [0.717, 1.165) is 5.56 Å². The van der Waals surface area contributed by atoms with Crippen LogP contribution in [-0.4, -0.2) is 17.2 Å². The number of hydrazone groups is 1. The third-order valence-corrected chi connectivity index (χ3v) is 1.09. The van der Waals surface area contributed by atoms with E-state index in [1.165, 1.54) is 6.21 Å². The van der Waals surface area contributed by atoms with Crippen LogP contribution >= 0.6 is 0 Å². The van der Waals surface area contributed by atoms with Gasteiger partial charge in [-0.05, 0) is 17.7 Å². The largest absolute Gasteiger partial charge is 0.350 e. The molecule has 0 saturated carbocycles. The maximum absolute atomic E-state index is 10.2. The molecule has 0 aliphatic rings. The maximum atomic E-state index is 10.2. The van der Waals surface area contributed by atoms with Gasteiger partial charge in [0.1, 0.15) is 0 Å². The lowest BCUT2D eigenvalue weighted by molar-refractivity contribution is 0.249. The molecule has 62 valence electrons. The number of urea groups is 1. The van der Waals surface area contributed by atoms with E-state index in [2.05, 4.69) is 15.5 Å². The van der Waals surface area contributed by atoms with E-state index in [1.807, 2.05) is 0 Å². The van der Waals surface area contributed by atoms with Crippen molar-refractivity contribution in [2.45, 2.75) is 0 Å². The molecule has 1 aromatic heterocycles. The Labute approximate surface area is 69.3 Å². The highest BCUT2D eigenvalue weighted by molar-refractivity contribution is 5.81. The third-order valence-electron chi connectivity index (χ3n) is 1.09. The fraction of sp³-hybridized carbons (Fsp3) is 0. The molecule has 1 rings (SSSR count). The van der Waals surface area contributed by atoms with Crippen molar-refractivity contribution in [2.75, 3.05) is 0 Å². The number of nitrogens with two attached hydrogens (primary N) is 1. The molecule has 0 unspecified atom stereocenters. The van der Waals surface area contributed by atoms with Crippen LogP contribution in [0.3, 0.4) is 0 Å². The normalized spacial score (nSPS) is 10.0. The van der Waals surface area contributed by atoms with Crippen LogP contribution in [0.5, 0.6) is 0 Å². The molecule has 2 amide bonds. The molecule has 0 atom stereocenters. The number of hydrogen-bond acceptors (Lipinski definition) is 3. The van der Waals surface area contributed by atoms with Crippen molar-refractivity contribution in [3.05, 3.63) is 30.1 Å². The number of nitrogens with zero attached hydrogens (tertiary/aromatic N) is 2. The molecule has 1 aromatic rings. The predicted molar refractivity (Wildman–Crippen MR) is 44.6 cm³/mol. The minimum Gasteiger partial charge on any atom is -0.350 e. The summed E-state index contributed by atoms with van der Waals surface area (Å²) in [6.07, 6.45) is 4.74. The summed E-state index contributed by atoms with van der Waals surface area (Å²) in [6, 6.07) is 2.83. The van der Waals surface area contributed by atoms with Gasteiger partial charge in [0.25, 0.3) is 0 Å². The van der Waals surface area contributed by atoms with E-state index < -0.39 is 6.03 Å². The first-order valence-electron chi connectivity index (χ1n) is 3.27. The number of primary amides is 1. The lowest BCUT2D eigenvalue weighted by Crippen LogP contribution is -2.24. The van der Waals surface area contributed by atoms with Gasteiger partial charge in [0.15, 0.2) is 0 Å². The minimum absolute atomic E-state index is 0.680. The first kappa shape index (κ1) is 8.19. The van der Waals surface area contributed by atoms with Gasteiger partial charge in [-0.3, -0.25) is 4.98 Å². The smallest absolute Gasteiger partial charge is 0.332 e. The molecule has 0 aromatic carbocycles. The van der Waals surface area contributed by atoms with Crippen molar-refractivity contribution >= 4 is 12.2 Å². The quantitative estimate of drug-likeness (QED) is 0.479. The summed E-state index contributed by atoms with van der Waals surface area (Å²) < 4.78 is 0. The highest BCUT2D eigenvalue weighted by Gasteiger charge is 1.85. The van der Waals surface area contributed by atoms with Crippen LogP contribution in [-0.2, 0) is 0 Å². The molecule has 5 heteroatoms. The Morgan fingerprint density at radius 3 is 2.83 bits per heavy atom. The van der Waals surface area contributed by atoms with Gasteiger partial charge in [-0.2, -0.15) is 5.10 Å². The van der Waals surface area contributed by atoms with Crippen molar-refractivity contribution in [2.24, 2.45) is 10.8 Å². The van der Waals surface area contributed by atoms with Crippen LogP contribution in [0.4, 0.5) is 4.79 Å². The molecule has 12 heavy (non-hydrogen) atoms. The fourth-order valence-corrected chi connectivity index (χ4v) is 0.620. The first-order chi connectivity index (χ1) is 5.79. The Morgan fingerprint density at radius 2 is 2.25 bits per heavy atom. The number of aromatic nitrogens is 1. The van der Waals surface area contributed by atoms with Crippen LogP contribution in [0.1, 0.15) is 5.56 Å². The van der Waals surface area contributed by atoms with Gasteiger partial charge in [0, 0.05) is 12.4 Å². The second kappa shape index (κ2) is 4.07. The first-order valence-corrected chi connectivity index (χ1v) is 3.27. The molecule has 3 N–H and O–H groups in total. The maximum Gasteiger partial charge on any atom is 0.332 e. The van der Waals surface area contributed by atoms with Crippen molar-refractivity contribution in [1.82, 2.24) is 10.4 Å². The topological polar surface area (TPSA) is 80.4 Å². The van der Waals surface area contributed by atoms with Crippen LogP contribution in [0.15, 0.2) is 29.6 Å². The Bertz CT molecular complexity index is 283. The van der Waals surface area contributed by atoms with E-state index in [4.69, 9.17) is 5.73 Å². The van der Waals surface area contributed by atoms with Crippen LogP contribution < -0.4 is 11.2 Å². The molecule has 5 nitrogen and oxygen atoms in total. The number of amides is 2. The second-order valence-corrected chi connectivity index (χ2v) is 2.01. The minimum atomic E-state index is -0.680. The highest BCUT2D eigenvalue weighted by Crippen LogP contribution is 1.89. The summed E-state index contributed by atoms with van der Waals surface area (Å²) in [6.45, 7) is 0. The van der Waals surface area contributed by atoms with Crippen molar-refractivity contribution in [3.8, 4) is 0 Å². The predicted octanol–water partition coefficient (Wildman–Crippen LogP) is 0.0838. The van der Waals surface area contributed by atoms with Crippen molar-refractivity contribution in [3.63, 3.8) is 0 Å². The number of rotatable bonds is 2. The van der Waals surface area contributed by atoms with Crippen molar-refractivity contribution < 1.29 is 4.79 Å². The van der Waals surface area contributed by atoms with E-state index in [1.54, 1.807) is 24.5 Å². The summed E-state index contributed by atoms with van der Waals surface area (Å²) in [4.78, 5) is 14.0. The molecular weight excluding hydrogens is 156 g/mol. The molecule has 0 fully saturated rings. The standard InChI is InChI=1S/C7H8N4O/c8-7(12)11-10-5-6-1-3-9-4-2-6/h1-5H,(H3,8,11,12)/b10-5-. The summed E-state index contributed by atoms with van der Waals surface area (Å²) >= 11 is 0. The average molecular weight is 164 g/mol. The average Bonchev–Trinajstić information content (AvgIpc) is 2.05. The van der Waals surface area contributed by atoms with Gasteiger partial charge in [0.2, 0.25) is 0 Å². The van der Waals surface area contributed by atoms with Crippen LogP contribution in [0.25, 0.3) is 0 Å².